The fraction of sp³-hybridized carbons (Fsp3) is 0.190. The molecule has 0 aliphatic heterocycles. The minimum atomic E-state index is 0.448. The number of hydrogen-bond donors (Lipinski definition) is 0. The lowest BCUT2D eigenvalue weighted by molar-refractivity contribution is 0.414. The van der Waals surface area contributed by atoms with Crippen LogP contribution >= 0.6 is 0 Å². The number of nitrogens with zero attached hydrogens (tertiary/aromatic N) is 6. The summed E-state index contributed by atoms with van der Waals surface area (Å²) in [6.07, 6.45) is 7.39. The highest BCUT2D eigenvalue weighted by molar-refractivity contribution is 5.54. The van der Waals surface area contributed by atoms with Crippen molar-refractivity contribution in [2.24, 2.45) is 0 Å². The van der Waals surface area contributed by atoms with Gasteiger partial charge >= 0.3 is 0 Å². The third kappa shape index (κ3) is 4.55. The van der Waals surface area contributed by atoms with Crippen molar-refractivity contribution < 1.29 is 9.26 Å². The second-order valence-electron chi connectivity index (χ2n) is 6.50. The maximum atomic E-state index is 5.41. The van der Waals surface area contributed by atoms with E-state index in [1.807, 2.05) is 48.3 Å². The molecule has 0 aliphatic carbocycles. The van der Waals surface area contributed by atoms with Crippen LogP contribution in [-0.2, 0) is 13.0 Å². The van der Waals surface area contributed by atoms with Gasteiger partial charge in [-0.2, -0.15) is 4.98 Å². The van der Waals surface area contributed by atoms with Gasteiger partial charge in [-0.15, -0.1) is 0 Å². The van der Waals surface area contributed by atoms with Gasteiger partial charge in [0.2, 0.25) is 0 Å². The predicted molar refractivity (Wildman–Crippen MR) is 107 cm³/mol. The van der Waals surface area contributed by atoms with Crippen LogP contribution in [0.3, 0.4) is 0 Å². The summed E-state index contributed by atoms with van der Waals surface area (Å²) in [6.45, 7) is 0.618. The Morgan fingerprint density at radius 1 is 1.00 bits per heavy atom. The number of benzene rings is 1. The smallest absolute Gasteiger partial charge is 0.259 e. The van der Waals surface area contributed by atoms with E-state index >= 15 is 0 Å². The summed E-state index contributed by atoms with van der Waals surface area (Å²) in [5, 5.41) is 4.07. The highest BCUT2D eigenvalue weighted by atomic mass is 16.5. The number of anilines is 1. The van der Waals surface area contributed by atoms with Crippen molar-refractivity contribution in [3.05, 3.63) is 78.3 Å². The third-order valence-electron chi connectivity index (χ3n) is 4.39. The Morgan fingerprint density at radius 2 is 1.86 bits per heavy atom. The van der Waals surface area contributed by atoms with Gasteiger partial charge in [0, 0.05) is 32.1 Å². The topological polar surface area (TPSA) is 90.1 Å². The van der Waals surface area contributed by atoms with Crippen molar-refractivity contribution in [1.82, 2.24) is 25.1 Å². The molecule has 0 aliphatic rings. The third-order valence-corrected chi connectivity index (χ3v) is 4.39. The summed E-state index contributed by atoms with van der Waals surface area (Å²) in [4.78, 5) is 19.3. The first-order valence-corrected chi connectivity index (χ1v) is 9.09. The number of pyridine rings is 1. The highest BCUT2D eigenvalue weighted by Gasteiger charge is 2.11. The minimum Gasteiger partial charge on any atom is -0.497 e. The lowest BCUT2D eigenvalue weighted by Gasteiger charge is -2.17. The minimum absolute atomic E-state index is 0.448. The van der Waals surface area contributed by atoms with Crippen LogP contribution in [0.25, 0.3) is 11.5 Å². The largest absolute Gasteiger partial charge is 0.497 e. The van der Waals surface area contributed by atoms with E-state index in [1.165, 1.54) is 0 Å². The van der Waals surface area contributed by atoms with Gasteiger partial charge in [-0.1, -0.05) is 17.3 Å². The monoisotopic (exact) mass is 388 g/mol. The summed E-state index contributed by atoms with van der Waals surface area (Å²) in [6, 6.07) is 11.6. The molecule has 0 unspecified atom stereocenters. The van der Waals surface area contributed by atoms with Gasteiger partial charge in [0.05, 0.1) is 31.1 Å². The van der Waals surface area contributed by atoms with Gasteiger partial charge in [-0.25, -0.2) is 4.98 Å². The molecule has 0 amide bonds. The van der Waals surface area contributed by atoms with E-state index in [4.69, 9.17) is 9.26 Å². The first-order valence-electron chi connectivity index (χ1n) is 9.09. The van der Waals surface area contributed by atoms with Gasteiger partial charge < -0.3 is 14.2 Å². The Bertz CT molecular complexity index is 1050. The lowest BCUT2D eigenvalue weighted by atomic mass is 10.1. The number of ether oxygens (including phenoxy) is 1. The molecule has 0 atom stereocenters. The van der Waals surface area contributed by atoms with E-state index in [-0.39, 0.29) is 0 Å². The second kappa shape index (κ2) is 8.47. The summed E-state index contributed by atoms with van der Waals surface area (Å²) in [7, 11) is 3.60. The van der Waals surface area contributed by atoms with Crippen molar-refractivity contribution in [3.63, 3.8) is 0 Å². The molecule has 8 nitrogen and oxygen atoms in total. The second-order valence-corrected chi connectivity index (χ2v) is 6.50. The predicted octanol–water partition coefficient (Wildman–Crippen LogP) is 3.16. The van der Waals surface area contributed by atoms with Gasteiger partial charge in [0.15, 0.2) is 5.82 Å². The average Bonchev–Trinajstić information content (AvgIpc) is 3.23. The zero-order chi connectivity index (χ0) is 20.1. The maximum absolute atomic E-state index is 5.41. The van der Waals surface area contributed by atoms with Crippen LogP contribution in [0.4, 0.5) is 5.82 Å². The molecular weight excluding hydrogens is 368 g/mol. The summed E-state index contributed by atoms with van der Waals surface area (Å²) in [5.41, 5.74) is 2.73. The van der Waals surface area contributed by atoms with Crippen LogP contribution in [0.5, 0.6) is 5.75 Å². The van der Waals surface area contributed by atoms with E-state index in [0.717, 1.165) is 28.4 Å². The Balaban J connectivity index is 1.42. The average molecular weight is 388 g/mol. The zero-order valence-electron chi connectivity index (χ0n) is 16.2. The van der Waals surface area contributed by atoms with E-state index in [0.29, 0.717) is 24.7 Å². The number of rotatable bonds is 7. The van der Waals surface area contributed by atoms with Crippen molar-refractivity contribution in [2.75, 3.05) is 19.1 Å². The molecule has 0 saturated carbocycles. The van der Waals surface area contributed by atoms with Gasteiger partial charge in [-0.05, 0) is 29.8 Å². The fourth-order valence-electron chi connectivity index (χ4n) is 2.84. The van der Waals surface area contributed by atoms with Crippen molar-refractivity contribution >= 4 is 5.82 Å². The van der Waals surface area contributed by atoms with Gasteiger partial charge in [0.25, 0.3) is 5.89 Å². The molecule has 0 radical (unpaired) electrons. The van der Waals surface area contributed by atoms with Gasteiger partial charge in [-0.3, -0.25) is 9.97 Å². The van der Waals surface area contributed by atoms with Crippen LogP contribution < -0.4 is 9.64 Å². The van der Waals surface area contributed by atoms with Crippen LogP contribution in [0.1, 0.15) is 17.1 Å². The van der Waals surface area contributed by atoms with E-state index < -0.39 is 0 Å². The SMILES string of the molecule is COc1ccc(Cc2noc(-c3ccc(N(C)Cc4cnccn4)nc3)n2)cc1. The molecule has 1 aromatic carbocycles. The summed E-state index contributed by atoms with van der Waals surface area (Å²) in [5.74, 6) is 2.70. The Labute approximate surface area is 168 Å². The summed E-state index contributed by atoms with van der Waals surface area (Å²) >= 11 is 0. The van der Waals surface area contributed by atoms with Crippen molar-refractivity contribution in [3.8, 4) is 17.2 Å². The normalized spacial score (nSPS) is 10.7. The molecule has 0 N–H and O–H groups in total. The molecule has 0 bridgehead atoms. The molecule has 0 spiro atoms. The molecule has 3 aromatic heterocycles. The number of aromatic nitrogens is 5. The molecule has 8 heteroatoms. The van der Waals surface area contributed by atoms with E-state index in [1.54, 1.807) is 31.9 Å². The Hall–Kier alpha value is -3.81. The summed E-state index contributed by atoms with van der Waals surface area (Å²) < 4.78 is 10.6. The molecule has 0 saturated heterocycles. The zero-order valence-corrected chi connectivity index (χ0v) is 16.2. The fourth-order valence-corrected chi connectivity index (χ4v) is 2.84. The molecule has 4 rings (SSSR count). The van der Waals surface area contributed by atoms with Gasteiger partial charge in [0.1, 0.15) is 11.6 Å². The van der Waals surface area contributed by atoms with Crippen molar-refractivity contribution in [2.45, 2.75) is 13.0 Å². The van der Waals surface area contributed by atoms with Crippen molar-refractivity contribution in [1.29, 1.82) is 0 Å². The molecular formula is C21H20N6O2. The standard InChI is InChI=1S/C21H20N6O2/c1-27(14-17-13-22-9-10-23-17)20-8-5-16(12-24-20)21-25-19(26-29-21)11-15-3-6-18(28-2)7-4-15/h3-10,12-13H,11,14H2,1-2H3. The quantitative estimate of drug-likeness (QED) is 0.477. The molecule has 146 valence electrons. The number of methoxy groups -OCH3 is 1. The number of hydrogen-bond acceptors (Lipinski definition) is 8. The van der Waals surface area contributed by atoms with Crippen LogP contribution in [0.2, 0.25) is 0 Å². The van der Waals surface area contributed by atoms with Crippen LogP contribution in [0.15, 0.2) is 65.7 Å². The van der Waals surface area contributed by atoms with E-state index in [2.05, 4.69) is 25.1 Å². The van der Waals surface area contributed by atoms with Crippen LogP contribution in [-0.4, -0.2) is 39.3 Å². The highest BCUT2D eigenvalue weighted by Crippen LogP contribution is 2.21. The Morgan fingerprint density at radius 3 is 2.55 bits per heavy atom. The molecule has 0 fully saturated rings. The Kier molecular flexibility index (Phi) is 5.42. The first-order chi connectivity index (χ1) is 14.2. The maximum Gasteiger partial charge on any atom is 0.259 e. The van der Waals surface area contributed by atoms with Crippen LogP contribution in [0, 0.1) is 0 Å². The molecule has 4 aromatic rings. The first kappa shape index (κ1) is 18.5. The molecule has 3 heterocycles. The molecule has 29 heavy (non-hydrogen) atoms. The van der Waals surface area contributed by atoms with E-state index in [9.17, 15) is 0 Å². The lowest BCUT2D eigenvalue weighted by Crippen LogP contribution is -2.18.